The van der Waals surface area contributed by atoms with Gasteiger partial charge in [0.15, 0.2) is 0 Å². The van der Waals surface area contributed by atoms with E-state index in [1.165, 1.54) is 4.90 Å². The van der Waals surface area contributed by atoms with Crippen molar-refractivity contribution in [2.24, 2.45) is 0 Å². The summed E-state index contributed by atoms with van der Waals surface area (Å²) in [6, 6.07) is 15.2. The maximum atomic E-state index is 12.3. The maximum Gasteiger partial charge on any atom is 0.251 e. The molecule has 4 heteroatoms. The van der Waals surface area contributed by atoms with E-state index in [9.17, 15) is 4.79 Å². The SMILES string of the molecule is O=C(N[C@@H]1CCSc2ccc(Cl)cc21)c1ccccc1. The van der Waals surface area contributed by atoms with Gasteiger partial charge >= 0.3 is 0 Å². The molecule has 2 aromatic rings. The number of nitrogens with one attached hydrogen (secondary N) is 1. The van der Waals surface area contributed by atoms with E-state index in [0.717, 1.165) is 17.7 Å². The van der Waals surface area contributed by atoms with Gasteiger partial charge in [-0.25, -0.2) is 0 Å². The smallest absolute Gasteiger partial charge is 0.251 e. The zero-order valence-corrected chi connectivity index (χ0v) is 12.4. The van der Waals surface area contributed by atoms with Crippen molar-refractivity contribution < 1.29 is 4.79 Å². The minimum absolute atomic E-state index is 0.0339. The molecule has 1 atom stereocenters. The van der Waals surface area contributed by atoms with Crippen LogP contribution in [0.25, 0.3) is 0 Å². The van der Waals surface area contributed by atoms with Crippen molar-refractivity contribution in [2.45, 2.75) is 17.4 Å². The number of halogens is 1. The molecule has 0 fully saturated rings. The lowest BCUT2D eigenvalue weighted by Gasteiger charge is -2.26. The lowest BCUT2D eigenvalue weighted by molar-refractivity contribution is 0.0935. The molecule has 2 aromatic carbocycles. The minimum Gasteiger partial charge on any atom is -0.345 e. The van der Waals surface area contributed by atoms with Crippen LogP contribution in [0.3, 0.4) is 0 Å². The third-order valence-corrected chi connectivity index (χ3v) is 4.71. The molecule has 1 amide bonds. The van der Waals surface area contributed by atoms with Gasteiger partial charge < -0.3 is 5.32 Å². The summed E-state index contributed by atoms with van der Waals surface area (Å²) >= 11 is 7.89. The highest BCUT2D eigenvalue weighted by molar-refractivity contribution is 7.99. The normalized spacial score (nSPS) is 17.4. The molecule has 0 bridgehead atoms. The Morgan fingerprint density at radius 2 is 2.00 bits per heavy atom. The van der Waals surface area contributed by atoms with Gasteiger partial charge in [0.1, 0.15) is 0 Å². The summed E-state index contributed by atoms with van der Waals surface area (Å²) in [7, 11) is 0. The largest absolute Gasteiger partial charge is 0.345 e. The van der Waals surface area contributed by atoms with Crippen LogP contribution in [0.4, 0.5) is 0 Å². The number of rotatable bonds is 2. The number of carbonyl (C=O) groups is 1. The number of thioether (sulfide) groups is 1. The van der Waals surface area contributed by atoms with Gasteiger partial charge in [0.25, 0.3) is 5.91 Å². The van der Waals surface area contributed by atoms with Gasteiger partial charge in [-0.15, -0.1) is 11.8 Å². The number of benzene rings is 2. The summed E-state index contributed by atoms with van der Waals surface area (Å²) in [5.74, 6) is 0.974. The van der Waals surface area contributed by atoms with Crippen molar-refractivity contribution in [3.8, 4) is 0 Å². The van der Waals surface area contributed by atoms with Crippen molar-refractivity contribution in [3.05, 3.63) is 64.7 Å². The van der Waals surface area contributed by atoms with E-state index >= 15 is 0 Å². The minimum atomic E-state index is -0.0339. The Labute approximate surface area is 127 Å². The molecule has 2 nitrogen and oxygen atoms in total. The van der Waals surface area contributed by atoms with E-state index in [0.29, 0.717) is 10.6 Å². The lowest BCUT2D eigenvalue weighted by Crippen LogP contribution is -2.30. The first-order valence-corrected chi connectivity index (χ1v) is 7.88. The average molecular weight is 304 g/mol. The Morgan fingerprint density at radius 1 is 1.20 bits per heavy atom. The van der Waals surface area contributed by atoms with Gasteiger partial charge in [-0.1, -0.05) is 29.8 Å². The summed E-state index contributed by atoms with van der Waals surface area (Å²) in [5, 5.41) is 3.82. The van der Waals surface area contributed by atoms with E-state index in [2.05, 4.69) is 5.32 Å². The van der Waals surface area contributed by atoms with Crippen LogP contribution in [-0.4, -0.2) is 11.7 Å². The van der Waals surface area contributed by atoms with Crippen LogP contribution < -0.4 is 5.32 Å². The van der Waals surface area contributed by atoms with Crippen LogP contribution in [-0.2, 0) is 0 Å². The molecule has 1 N–H and O–H groups in total. The standard InChI is InChI=1S/C16H14ClNOS/c17-12-6-7-15-13(10-12)14(8-9-20-15)18-16(19)11-4-2-1-3-5-11/h1-7,10,14H,8-9H2,(H,18,19)/t14-/m1/s1. The highest BCUT2D eigenvalue weighted by Gasteiger charge is 2.22. The fourth-order valence-electron chi connectivity index (χ4n) is 2.35. The van der Waals surface area contributed by atoms with Crippen LogP contribution in [0, 0.1) is 0 Å². The molecule has 0 aliphatic carbocycles. The van der Waals surface area contributed by atoms with Crippen molar-refractivity contribution in [1.82, 2.24) is 5.32 Å². The molecule has 1 aliphatic rings. The highest BCUT2D eigenvalue weighted by atomic mass is 35.5. The Bertz CT molecular complexity index is 630. The van der Waals surface area contributed by atoms with Crippen LogP contribution in [0.15, 0.2) is 53.4 Å². The molecule has 1 heterocycles. The topological polar surface area (TPSA) is 29.1 Å². The monoisotopic (exact) mass is 303 g/mol. The van der Waals surface area contributed by atoms with Crippen LogP contribution >= 0.6 is 23.4 Å². The first kappa shape index (κ1) is 13.5. The van der Waals surface area contributed by atoms with Gasteiger partial charge in [-0.2, -0.15) is 0 Å². The summed E-state index contributed by atoms with van der Waals surface area (Å²) < 4.78 is 0. The third kappa shape index (κ3) is 2.84. The zero-order chi connectivity index (χ0) is 13.9. The molecule has 0 aromatic heterocycles. The maximum absolute atomic E-state index is 12.3. The van der Waals surface area contributed by atoms with Gasteiger partial charge in [0.05, 0.1) is 6.04 Å². The summed E-state index contributed by atoms with van der Waals surface area (Å²) in [5.41, 5.74) is 1.81. The van der Waals surface area contributed by atoms with Crippen LogP contribution in [0.5, 0.6) is 0 Å². The van der Waals surface area contributed by atoms with Gasteiger partial charge in [0.2, 0.25) is 0 Å². The Morgan fingerprint density at radius 3 is 2.80 bits per heavy atom. The molecule has 20 heavy (non-hydrogen) atoms. The second-order valence-corrected chi connectivity index (χ2v) is 6.28. The predicted molar refractivity (Wildman–Crippen MR) is 83.4 cm³/mol. The van der Waals surface area contributed by atoms with Crippen LogP contribution in [0.1, 0.15) is 28.4 Å². The Balaban J connectivity index is 1.83. The predicted octanol–water partition coefficient (Wildman–Crippen LogP) is 4.31. The molecule has 102 valence electrons. The molecule has 0 saturated heterocycles. The van der Waals surface area contributed by atoms with Crippen molar-refractivity contribution in [3.63, 3.8) is 0 Å². The average Bonchev–Trinajstić information content (AvgIpc) is 2.49. The number of fused-ring (bicyclic) bond motifs is 1. The van der Waals surface area contributed by atoms with Gasteiger partial charge in [-0.3, -0.25) is 4.79 Å². The van der Waals surface area contributed by atoms with Crippen LogP contribution in [0.2, 0.25) is 5.02 Å². The first-order chi connectivity index (χ1) is 9.74. The van der Waals surface area contributed by atoms with Crippen molar-refractivity contribution in [1.29, 1.82) is 0 Å². The van der Waals surface area contributed by atoms with Crippen molar-refractivity contribution >= 4 is 29.3 Å². The molecular formula is C16H14ClNOS. The third-order valence-electron chi connectivity index (χ3n) is 3.35. The Kier molecular flexibility index (Phi) is 3.99. The van der Waals surface area contributed by atoms with Gasteiger partial charge in [0, 0.05) is 21.2 Å². The molecule has 3 rings (SSSR count). The molecule has 0 saturated carbocycles. The van der Waals surface area contributed by atoms with E-state index in [-0.39, 0.29) is 11.9 Å². The molecular weight excluding hydrogens is 290 g/mol. The number of carbonyl (C=O) groups excluding carboxylic acids is 1. The second kappa shape index (κ2) is 5.90. The molecule has 1 aliphatic heterocycles. The molecule has 0 radical (unpaired) electrons. The molecule has 0 unspecified atom stereocenters. The van der Waals surface area contributed by atoms with E-state index in [4.69, 9.17) is 11.6 Å². The summed E-state index contributed by atoms with van der Waals surface area (Å²) in [4.78, 5) is 13.5. The van der Waals surface area contributed by atoms with E-state index < -0.39 is 0 Å². The molecule has 0 spiro atoms. The number of hydrogen-bond acceptors (Lipinski definition) is 2. The first-order valence-electron chi connectivity index (χ1n) is 6.52. The zero-order valence-electron chi connectivity index (χ0n) is 10.8. The van der Waals surface area contributed by atoms with E-state index in [1.807, 2.05) is 60.3 Å². The Hall–Kier alpha value is -1.45. The highest BCUT2D eigenvalue weighted by Crippen LogP contribution is 2.37. The lowest BCUT2D eigenvalue weighted by atomic mass is 10.0. The fraction of sp³-hybridized carbons (Fsp3) is 0.188. The summed E-state index contributed by atoms with van der Waals surface area (Å²) in [6.45, 7) is 0. The second-order valence-electron chi connectivity index (χ2n) is 4.71. The van der Waals surface area contributed by atoms with Crippen molar-refractivity contribution in [2.75, 3.05) is 5.75 Å². The van der Waals surface area contributed by atoms with E-state index in [1.54, 1.807) is 0 Å². The van der Waals surface area contributed by atoms with Gasteiger partial charge in [-0.05, 0) is 42.3 Å². The quantitative estimate of drug-likeness (QED) is 0.896. The number of hydrogen-bond donors (Lipinski definition) is 1. The summed E-state index contributed by atoms with van der Waals surface area (Å²) in [6.07, 6.45) is 0.927. The fourth-order valence-corrected chi connectivity index (χ4v) is 3.63. The number of amides is 1.